The van der Waals surface area contributed by atoms with Gasteiger partial charge in [0.2, 0.25) is 11.8 Å². The average Bonchev–Trinajstić information content (AvgIpc) is 2.60. The van der Waals surface area contributed by atoms with Gasteiger partial charge in [-0.1, -0.05) is 36.9 Å². The molecular weight excluding hydrogens is 340 g/mol. The molecule has 8 heteroatoms. The molecule has 130 valence electrons. The van der Waals surface area contributed by atoms with Crippen LogP contribution in [0.4, 0.5) is 11.5 Å². The van der Waals surface area contributed by atoms with Crippen LogP contribution in [0.3, 0.4) is 0 Å². The number of H-pyrrole nitrogens is 1. The first-order valence-corrected chi connectivity index (χ1v) is 9.12. The van der Waals surface area contributed by atoms with Gasteiger partial charge in [-0.15, -0.1) is 0 Å². The van der Waals surface area contributed by atoms with Gasteiger partial charge < -0.3 is 15.6 Å². The highest BCUT2D eigenvalue weighted by molar-refractivity contribution is 7.98. The Morgan fingerprint density at radius 3 is 2.84 bits per heavy atom. The molecule has 0 saturated carbocycles. The van der Waals surface area contributed by atoms with Crippen molar-refractivity contribution in [3.63, 3.8) is 0 Å². The Labute approximate surface area is 148 Å². The van der Waals surface area contributed by atoms with Crippen LogP contribution in [0.5, 0.6) is 0 Å². The minimum atomic E-state index is -0.874. The van der Waals surface area contributed by atoms with E-state index in [1.165, 1.54) is 11.8 Å². The molecule has 1 unspecified atom stereocenters. The van der Waals surface area contributed by atoms with E-state index in [1.54, 1.807) is 12.3 Å². The highest BCUT2D eigenvalue weighted by Crippen LogP contribution is 2.30. The number of thioether (sulfide) groups is 1. The van der Waals surface area contributed by atoms with Gasteiger partial charge in [0.05, 0.1) is 11.5 Å². The van der Waals surface area contributed by atoms with Crippen LogP contribution in [-0.2, 0) is 16.0 Å². The maximum atomic E-state index is 12.8. The summed E-state index contributed by atoms with van der Waals surface area (Å²) in [4.78, 5) is 44.0. The molecule has 0 radical (unpaired) electrons. The topological polar surface area (TPSA) is 104 Å². The number of hydrogen-bond donors (Lipinski definition) is 3. The lowest BCUT2D eigenvalue weighted by atomic mass is 9.92. The molecule has 0 saturated heterocycles. The minimum Gasteiger partial charge on any atom is -0.325 e. The van der Waals surface area contributed by atoms with Crippen LogP contribution in [0.25, 0.3) is 0 Å². The second-order valence-electron chi connectivity index (χ2n) is 5.64. The third-order valence-electron chi connectivity index (χ3n) is 4.10. The number of para-hydroxylation sites is 1. The van der Waals surface area contributed by atoms with Crippen LogP contribution in [-0.4, -0.2) is 28.0 Å². The van der Waals surface area contributed by atoms with Crippen molar-refractivity contribution in [2.45, 2.75) is 30.8 Å². The number of amides is 2. The monoisotopic (exact) mass is 358 g/mol. The van der Waals surface area contributed by atoms with Crippen LogP contribution in [0.15, 0.2) is 34.2 Å². The van der Waals surface area contributed by atoms with E-state index in [1.807, 2.05) is 25.1 Å². The molecule has 2 aromatic rings. The van der Waals surface area contributed by atoms with Gasteiger partial charge >= 0.3 is 0 Å². The Morgan fingerprint density at radius 1 is 1.36 bits per heavy atom. The highest BCUT2D eigenvalue weighted by Gasteiger charge is 2.34. The van der Waals surface area contributed by atoms with Crippen molar-refractivity contribution in [2.24, 2.45) is 0 Å². The van der Waals surface area contributed by atoms with Crippen LogP contribution < -0.4 is 16.2 Å². The van der Waals surface area contributed by atoms with Crippen molar-refractivity contribution >= 4 is 35.1 Å². The summed E-state index contributed by atoms with van der Waals surface area (Å²) in [5.74, 6) is -1.43. The average molecular weight is 358 g/mol. The zero-order valence-electron chi connectivity index (χ0n) is 13.9. The van der Waals surface area contributed by atoms with E-state index in [0.717, 1.165) is 12.0 Å². The highest BCUT2D eigenvalue weighted by atomic mass is 32.2. The van der Waals surface area contributed by atoms with Gasteiger partial charge in [0.25, 0.3) is 5.56 Å². The summed E-state index contributed by atoms with van der Waals surface area (Å²) in [7, 11) is 0. The fourth-order valence-electron chi connectivity index (χ4n) is 2.84. The van der Waals surface area contributed by atoms with E-state index in [0.29, 0.717) is 10.8 Å². The van der Waals surface area contributed by atoms with Gasteiger partial charge in [-0.3, -0.25) is 14.4 Å². The molecule has 1 atom stereocenters. The number of benzene rings is 1. The zero-order chi connectivity index (χ0) is 18.0. The van der Waals surface area contributed by atoms with Crippen molar-refractivity contribution < 1.29 is 9.59 Å². The Balaban J connectivity index is 1.97. The summed E-state index contributed by atoms with van der Waals surface area (Å²) in [5.41, 5.74) is 1.47. The molecule has 7 nitrogen and oxygen atoms in total. The summed E-state index contributed by atoms with van der Waals surface area (Å²) in [6.45, 7) is 1.99. The number of aromatic amines is 1. The predicted octanol–water partition coefficient (Wildman–Crippen LogP) is 2.12. The van der Waals surface area contributed by atoms with Crippen molar-refractivity contribution in [2.75, 3.05) is 16.9 Å². The third-order valence-corrected chi connectivity index (χ3v) is 4.68. The number of carbonyl (C=O) groups excluding carboxylic acids is 2. The summed E-state index contributed by atoms with van der Waals surface area (Å²) >= 11 is 1.26. The maximum Gasteiger partial charge on any atom is 0.257 e. The Morgan fingerprint density at radius 2 is 2.12 bits per heavy atom. The molecule has 2 heterocycles. The van der Waals surface area contributed by atoms with E-state index < -0.39 is 11.5 Å². The number of aryl methyl sites for hydroxylation is 1. The molecular formula is C17H18N4O3S. The summed E-state index contributed by atoms with van der Waals surface area (Å²) in [6.07, 6.45) is 2.44. The molecule has 25 heavy (non-hydrogen) atoms. The summed E-state index contributed by atoms with van der Waals surface area (Å²) < 4.78 is 0. The van der Waals surface area contributed by atoms with E-state index >= 15 is 0 Å². The lowest BCUT2D eigenvalue weighted by molar-refractivity contribution is -0.123. The van der Waals surface area contributed by atoms with E-state index in [4.69, 9.17) is 0 Å². The maximum absolute atomic E-state index is 12.8. The molecule has 3 rings (SSSR count). The largest absolute Gasteiger partial charge is 0.325 e. The molecule has 1 aromatic heterocycles. The van der Waals surface area contributed by atoms with E-state index in [2.05, 4.69) is 20.6 Å². The molecule has 0 spiro atoms. The van der Waals surface area contributed by atoms with Crippen molar-refractivity contribution in [3.8, 4) is 0 Å². The molecule has 0 aliphatic carbocycles. The molecule has 1 aliphatic rings. The molecule has 3 N–H and O–H groups in total. The number of anilines is 2. The standard InChI is InChI=1S/C17H18N4O3S/c1-3-9-6-4-5-7-11(9)18-15(23)10-8-12(22)19-14-13(10)16(24)21-17(20-14)25-2/h4-7,10H,3,8H2,1-2H3,(H,18,23)(H2,19,20,21,22,24). The Hall–Kier alpha value is -2.61. The van der Waals surface area contributed by atoms with Crippen LogP contribution in [0.1, 0.15) is 30.4 Å². The smallest absolute Gasteiger partial charge is 0.257 e. The first-order valence-electron chi connectivity index (χ1n) is 7.90. The number of aromatic nitrogens is 2. The quantitative estimate of drug-likeness (QED) is 0.574. The van der Waals surface area contributed by atoms with Gasteiger partial charge in [0.1, 0.15) is 5.82 Å². The van der Waals surface area contributed by atoms with Gasteiger partial charge in [-0.05, 0) is 24.3 Å². The van der Waals surface area contributed by atoms with E-state index in [9.17, 15) is 14.4 Å². The predicted molar refractivity (Wildman–Crippen MR) is 97.1 cm³/mol. The molecule has 1 aromatic carbocycles. The van der Waals surface area contributed by atoms with Crippen molar-refractivity contribution in [1.29, 1.82) is 0 Å². The van der Waals surface area contributed by atoms with Gasteiger partial charge in [0, 0.05) is 12.1 Å². The number of nitrogens with one attached hydrogen (secondary N) is 3. The fraction of sp³-hybridized carbons (Fsp3) is 0.294. The lowest BCUT2D eigenvalue weighted by Crippen LogP contribution is -2.36. The number of carbonyl (C=O) groups is 2. The third kappa shape index (κ3) is 3.43. The van der Waals surface area contributed by atoms with Crippen LogP contribution in [0, 0.1) is 0 Å². The van der Waals surface area contributed by atoms with Gasteiger partial charge in [-0.25, -0.2) is 4.98 Å². The number of nitrogens with zero attached hydrogens (tertiary/aromatic N) is 1. The first kappa shape index (κ1) is 17.2. The molecule has 0 fully saturated rings. The van der Waals surface area contributed by atoms with Crippen LogP contribution >= 0.6 is 11.8 Å². The SMILES string of the molecule is CCc1ccccc1NC(=O)C1CC(=O)Nc2nc(SC)[nH]c(=O)c21. The molecule has 1 aliphatic heterocycles. The normalized spacial score (nSPS) is 16.1. The van der Waals surface area contributed by atoms with Crippen LogP contribution in [0.2, 0.25) is 0 Å². The van der Waals surface area contributed by atoms with Gasteiger partial charge in [0.15, 0.2) is 5.16 Å². The molecule has 2 amide bonds. The Kier molecular flexibility index (Phi) is 4.89. The number of fused-ring (bicyclic) bond motifs is 1. The van der Waals surface area contributed by atoms with Gasteiger partial charge in [-0.2, -0.15) is 0 Å². The number of rotatable bonds is 4. The summed E-state index contributed by atoms with van der Waals surface area (Å²) in [6, 6.07) is 7.46. The lowest BCUT2D eigenvalue weighted by Gasteiger charge is -2.23. The number of hydrogen-bond acceptors (Lipinski definition) is 5. The van der Waals surface area contributed by atoms with Crippen molar-refractivity contribution in [3.05, 3.63) is 45.7 Å². The fourth-order valence-corrected chi connectivity index (χ4v) is 3.22. The summed E-state index contributed by atoms with van der Waals surface area (Å²) in [5, 5.41) is 5.82. The van der Waals surface area contributed by atoms with E-state index in [-0.39, 0.29) is 29.6 Å². The van der Waals surface area contributed by atoms with Crippen molar-refractivity contribution in [1.82, 2.24) is 9.97 Å². The minimum absolute atomic E-state index is 0.0868. The molecule has 0 bridgehead atoms. The first-order chi connectivity index (χ1) is 12.0. The second kappa shape index (κ2) is 7.10. The Bertz CT molecular complexity index is 894. The zero-order valence-corrected chi connectivity index (χ0v) is 14.7. The second-order valence-corrected chi connectivity index (χ2v) is 6.44.